The molecule has 0 saturated heterocycles. The first-order valence-electron chi connectivity index (χ1n) is 13.2. The first kappa shape index (κ1) is 31.7. The summed E-state index contributed by atoms with van der Waals surface area (Å²) in [7, 11) is -3.72. The fourth-order valence-electron chi connectivity index (χ4n) is 5.38. The molecule has 0 unspecified atom stereocenters. The molecule has 2 amide bonds. The number of nitrogens with zero attached hydrogens (tertiary/aromatic N) is 3. The fraction of sp³-hybridized carbons (Fsp3) is 0.462. The fourth-order valence-corrected chi connectivity index (χ4v) is 6.71. The van der Waals surface area contributed by atoms with Gasteiger partial charge in [-0.05, 0) is 42.5 Å². The van der Waals surface area contributed by atoms with Crippen LogP contribution in [0.1, 0.15) is 57.1 Å². The zero-order chi connectivity index (χ0) is 32.1. The number of ether oxygens (including phenoxy) is 1. The van der Waals surface area contributed by atoms with Gasteiger partial charge in [-0.15, -0.1) is 11.3 Å². The van der Waals surface area contributed by atoms with Gasteiger partial charge in [0.2, 0.25) is 5.91 Å². The van der Waals surface area contributed by atoms with Crippen molar-refractivity contribution in [2.75, 3.05) is 23.9 Å². The Hall–Kier alpha value is -3.67. The summed E-state index contributed by atoms with van der Waals surface area (Å²) in [6, 6.07) is 4.99. The molecule has 10 nitrogen and oxygen atoms in total. The average Bonchev–Trinajstić information content (AvgIpc) is 3.58. The van der Waals surface area contributed by atoms with Crippen LogP contribution in [0.25, 0.3) is 0 Å². The molecule has 1 spiro atoms. The van der Waals surface area contributed by atoms with E-state index in [0.717, 1.165) is 34.1 Å². The van der Waals surface area contributed by atoms with Crippen LogP contribution in [0.2, 0.25) is 0 Å². The van der Waals surface area contributed by atoms with Gasteiger partial charge < -0.3 is 15.4 Å². The number of rotatable bonds is 9. The minimum atomic E-state index is -4.67. The second-order valence-electron chi connectivity index (χ2n) is 10.7. The monoisotopic (exact) mass is 665 g/mol. The van der Waals surface area contributed by atoms with Crippen LogP contribution in [-0.4, -0.2) is 59.8 Å². The Morgan fingerprint density at radius 1 is 1.23 bits per heavy atom. The van der Waals surface area contributed by atoms with E-state index in [1.165, 1.54) is 4.68 Å². The Bertz CT molecular complexity index is 1720. The maximum atomic E-state index is 13.6. The second kappa shape index (κ2) is 11.4. The number of nitrogens with one attached hydrogen (secondary N) is 2. The van der Waals surface area contributed by atoms with Crippen molar-refractivity contribution in [3.63, 3.8) is 0 Å². The highest BCUT2D eigenvalue weighted by Crippen LogP contribution is 2.45. The van der Waals surface area contributed by atoms with Gasteiger partial charge in [0.05, 0.1) is 24.4 Å². The van der Waals surface area contributed by atoms with E-state index < -0.39 is 57.4 Å². The van der Waals surface area contributed by atoms with E-state index in [2.05, 4.69) is 20.7 Å². The van der Waals surface area contributed by atoms with Gasteiger partial charge >= 0.3 is 12.4 Å². The van der Waals surface area contributed by atoms with Gasteiger partial charge in [0.1, 0.15) is 22.1 Å². The van der Waals surface area contributed by atoms with Crippen molar-refractivity contribution in [3.05, 3.63) is 56.7 Å². The molecule has 1 aromatic carbocycles. The van der Waals surface area contributed by atoms with E-state index in [9.17, 15) is 44.3 Å². The zero-order valence-corrected chi connectivity index (χ0v) is 24.6. The molecule has 2 aromatic heterocycles. The molecule has 0 fully saturated rings. The highest BCUT2D eigenvalue weighted by atomic mass is 32.2. The normalized spacial score (nSPS) is 18.2. The van der Waals surface area contributed by atoms with E-state index in [0.29, 0.717) is 24.3 Å². The summed E-state index contributed by atoms with van der Waals surface area (Å²) in [6.07, 6.45) is -8.25. The Morgan fingerprint density at radius 2 is 1.98 bits per heavy atom. The number of hydrogen-bond donors (Lipinski definition) is 2. The molecule has 2 aliphatic rings. The molecule has 0 bridgehead atoms. The maximum absolute atomic E-state index is 13.6. The topological polar surface area (TPSA) is 132 Å². The van der Waals surface area contributed by atoms with Crippen LogP contribution < -0.4 is 15.4 Å². The summed E-state index contributed by atoms with van der Waals surface area (Å²) in [4.78, 5) is 29.6. The lowest BCUT2D eigenvalue weighted by Gasteiger charge is -2.36. The number of carbonyl (C=O) groups is 2. The molecule has 3 heterocycles. The average molecular weight is 666 g/mol. The molecule has 44 heavy (non-hydrogen) atoms. The number of carbonyl (C=O) groups excluding carboxylic acids is 2. The standard InChI is InChI=1S/C26H25F6N5O5S2/c1-44(40,41)13-19(38)34-22-21-17(37(36-22)11-20-33-18(12-43-20)26(30,31)32)10-24(35-23(21)39)7-5-14-9-15(3-4-16(14)24)42-8-2-6-25(27,28)29/h3-4,9,12H,2,5-8,10-11,13H2,1H3,(H,35,39)(H,34,36,38)/t24-/m0/s1. The van der Waals surface area contributed by atoms with E-state index in [-0.39, 0.29) is 42.4 Å². The van der Waals surface area contributed by atoms with Crippen LogP contribution in [0.4, 0.5) is 32.2 Å². The molecule has 3 aromatic rings. The number of amides is 2. The molecular formula is C26H25F6N5O5S2. The van der Waals surface area contributed by atoms with Crippen molar-refractivity contribution in [1.29, 1.82) is 0 Å². The molecular weight excluding hydrogens is 640 g/mol. The smallest absolute Gasteiger partial charge is 0.434 e. The number of alkyl halides is 6. The van der Waals surface area contributed by atoms with Gasteiger partial charge in [-0.1, -0.05) is 6.07 Å². The van der Waals surface area contributed by atoms with Gasteiger partial charge in [-0.2, -0.15) is 31.4 Å². The molecule has 0 saturated carbocycles. The SMILES string of the molecule is CS(=O)(=O)CC(=O)Nc1nn(Cc2nc(C(F)(F)F)cs2)c2c1C(=O)N[C@@]1(CCc3cc(OCCCC(F)(F)F)ccc31)C2. The van der Waals surface area contributed by atoms with Crippen molar-refractivity contribution >= 4 is 38.8 Å². The molecule has 0 radical (unpaired) electrons. The molecule has 18 heteroatoms. The quantitative estimate of drug-likeness (QED) is 0.258. The summed E-state index contributed by atoms with van der Waals surface area (Å²) in [5.74, 6) is -2.33. The van der Waals surface area contributed by atoms with Gasteiger partial charge in [0.15, 0.2) is 21.3 Å². The number of benzene rings is 1. The Balaban J connectivity index is 1.45. The Kier molecular flexibility index (Phi) is 8.19. The first-order chi connectivity index (χ1) is 20.4. The highest BCUT2D eigenvalue weighted by molar-refractivity contribution is 7.91. The number of halogens is 6. The predicted octanol–water partition coefficient (Wildman–Crippen LogP) is 4.24. The van der Waals surface area contributed by atoms with Crippen LogP contribution in [0.3, 0.4) is 0 Å². The van der Waals surface area contributed by atoms with Crippen molar-refractivity contribution in [2.24, 2.45) is 0 Å². The van der Waals surface area contributed by atoms with Crippen molar-refractivity contribution in [3.8, 4) is 5.75 Å². The molecule has 238 valence electrons. The number of hydrogen-bond acceptors (Lipinski definition) is 8. The van der Waals surface area contributed by atoms with Crippen LogP contribution in [0.15, 0.2) is 23.6 Å². The van der Waals surface area contributed by atoms with Crippen molar-refractivity contribution in [2.45, 2.75) is 56.5 Å². The van der Waals surface area contributed by atoms with Crippen molar-refractivity contribution < 1.29 is 49.1 Å². The van der Waals surface area contributed by atoms with Crippen LogP contribution >= 0.6 is 11.3 Å². The van der Waals surface area contributed by atoms with Gasteiger partial charge in [0.25, 0.3) is 5.91 Å². The number of thiazole rings is 1. The van der Waals surface area contributed by atoms with Gasteiger partial charge in [-0.3, -0.25) is 14.3 Å². The van der Waals surface area contributed by atoms with Crippen LogP contribution in [0, 0.1) is 0 Å². The third-order valence-electron chi connectivity index (χ3n) is 7.17. The minimum Gasteiger partial charge on any atom is -0.494 e. The van der Waals surface area contributed by atoms with Crippen LogP contribution in [-0.2, 0) is 45.7 Å². The van der Waals surface area contributed by atoms with E-state index in [4.69, 9.17) is 4.74 Å². The Labute approximate surface area is 250 Å². The van der Waals surface area contributed by atoms with Gasteiger partial charge in [0, 0.05) is 24.5 Å². The summed E-state index contributed by atoms with van der Waals surface area (Å²) >= 11 is 0.742. The summed E-state index contributed by atoms with van der Waals surface area (Å²) < 4.78 is 107. The number of anilines is 1. The lowest BCUT2D eigenvalue weighted by Crippen LogP contribution is -2.50. The summed E-state index contributed by atoms with van der Waals surface area (Å²) in [5.41, 5.74) is -0.279. The molecule has 1 aliphatic heterocycles. The largest absolute Gasteiger partial charge is 0.494 e. The number of fused-ring (bicyclic) bond motifs is 3. The maximum Gasteiger partial charge on any atom is 0.434 e. The Morgan fingerprint density at radius 3 is 2.64 bits per heavy atom. The zero-order valence-electron chi connectivity index (χ0n) is 22.9. The number of sulfone groups is 1. The predicted molar refractivity (Wildman–Crippen MR) is 145 cm³/mol. The molecule has 1 atom stereocenters. The first-order valence-corrected chi connectivity index (χ1v) is 16.1. The van der Waals surface area contributed by atoms with Crippen LogP contribution in [0.5, 0.6) is 5.75 Å². The lowest BCUT2D eigenvalue weighted by atomic mass is 9.82. The highest BCUT2D eigenvalue weighted by Gasteiger charge is 2.47. The third-order valence-corrected chi connectivity index (χ3v) is 8.79. The molecule has 1 aliphatic carbocycles. The van der Waals surface area contributed by atoms with Gasteiger partial charge in [-0.25, -0.2) is 13.4 Å². The summed E-state index contributed by atoms with van der Waals surface area (Å²) in [6.45, 7) is -0.394. The molecule has 5 rings (SSSR count). The van der Waals surface area contributed by atoms with E-state index >= 15 is 0 Å². The number of aryl methyl sites for hydroxylation is 1. The van der Waals surface area contributed by atoms with E-state index in [1.807, 2.05) is 0 Å². The lowest BCUT2D eigenvalue weighted by molar-refractivity contribution is -0.141. The second-order valence-corrected chi connectivity index (χ2v) is 13.8. The van der Waals surface area contributed by atoms with E-state index in [1.54, 1.807) is 18.2 Å². The minimum absolute atomic E-state index is 0.0378. The van der Waals surface area contributed by atoms with Crippen molar-refractivity contribution in [1.82, 2.24) is 20.1 Å². The summed E-state index contributed by atoms with van der Waals surface area (Å²) in [5, 5.41) is 10.5. The third kappa shape index (κ3) is 7.00. The number of aromatic nitrogens is 3. The molecule has 2 N–H and O–H groups in total.